The summed E-state index contributed by atoms with van der Waals surface area (Å²) in [7, 11) is 0. The predicted octanol–water partition coefficient (Wildman–Crippen LogP) is 7.40. The van der Waals surface area contributed by atoms with Crippen LogP contribution in [-0.4, -0.2) is 22.7 Å². The molecule has 4 nitrogen and oxygen atoms in total. The highest BCUT2D eigenvalue weighted by atomic mass is 16.5. The molecular formula is C30H27NO3. The van der Waals surface area contributed by atoms with Gasteiger partial charge < -0.3 is 14.8 Å². The lowest BCUT2D eigenvalue weighted by Crippen LogP contribution is -1.98. The fourth-order valence-corrected chi connectivity index (χ4v) is 4.57. The largest absolute Gasteiger partial charge is 0.494 e. The number of fused-ring (bicyclic) bond motifs is 2. The lowest BCUT2D eigenvalue weighted by Gasteiger charge is -2.11. The van der Waals surface area contributed by atoms with Crippen LogP contribution >= 0.6 is 0 Å². The van der Waals surface area contributed by atoms with Crippen LogP contribution < -0.4 is 4.74 Å². The number of hydrogen-bond donors (Lipinski definition) is 2. The van der Waals surface area contributed by atoms with Crippen LogP contribution in [0.2, 0.25) is 0 Å². The highest BCUT2D eigenvalue weighted by molar-refractivity contribution is 6.02. The molecule has 0 fully saturated rings. The molecule has 34 heavy (non-hydrogen) atoms. The summed E-state index contributed by atoms with van der Waals surface area (Å²) >= 11 is 0. The maximum Gasteiger partial charge on any atom is 0.352 e. The predicted molar refractivity (Wildman–Crippen MR) is 138 cm³/mol. The minimum Gasteiger partial charge on any atom is -0.494 e. The van der Waals surface area contributed by atoms with Crippen molar-refractivity contribution in [3.8, 4) is 16.9 Å². The minimum absolute atomic E-state index is 0.219. The van der Waals surface area contributed by atoms with Crippen molar-refractivity contribution in [2.75, 3.05) is 6.61 Å². The molecule has 0 saturated heterocycles. The number of aryl methyl sites for hydroxylation is 2. The van der Waals surface area contributed by atoms with E-state index in [-0.39, 0.29) is 5.69 Å². The van der Waals surface area contributed by atoms with Gasteiger partial charge in [0.05, 0.1) is 12.1 Å². The number of aromatic carboxylic acids is 1. The quantitative estimate of drug-likeness (QED) is 0.243. The minimum atomic E-state index is -0.943. The van der Waals surface area contributed by atoms with Gasteiger partial charge in [-0.1, -0.05) is 66.7 Å². The molecule has 4 aromatic carbocycles. The van der Waals surface area contributed by atoms with Gasteiger partial charge in [0.15, 0.2) is 0 Å². The number of rotatable bonds is 8. The number of carboxylic acid groups (broad SMARTS) is 1. The molecule has 0 bridgehead atoms. The van der Waals surface area contributed by atoms with E-state index in [4.69, 9.17) is 4.74 Å². The van der Waals surface area contributed by atoms with Crippen LogP contribution in [0.15, 0.2) is 84.9 Å². The smallest absolute Gasteiger partial charge is 0.352 e. The SMILES string of the molecule is Cc1ccccc1-c1ccc(CCCCOc2ccc3ccccc3c2)c2cc(C(=O)O)[nH]c12. The average Bonchev–Trinajstić information content (AvgIpc) is 3.31. The van der Waals surface area contributed by atoms with E-state index >= 15 is 0 Å². The van der Waals surface area contributed by atoms with Crippen molar-refractivity contribution in [1.29, 1.82) is 0 Å². The Morgan fingerprint density at radius 3 is 2.47 bits per heavy atom. The molecule has 0 unspecified atom stereocenters. The number of carbonyl (C=O) groups is 1. The Kier molecular flexibility index (Phi) is 6.05. The van der Waals surface area contributed by atoms with Crippen molar-refractivity contribution < 1.29 is 14.6 Å². The maximum absolute atomic E-state index is 11.7. The van der Waals surface area contributed by atoms with Crippen molar-refractivity contribution in [3.05, 3.63) is 102 Å². The van der Waals surface area contributed by atoms with Crippen LogP contribution in [0.3, 0.4) is 0 Å². The van der Waals surface area contributed by atoms with E-state index in [1.807, 2.05) is 30.3 Å². The van der Waals surface area contributed by atoms with Gasteiger partial charge in [-0.15, -0.1) is 0 Å². The number of benzene rings is 4. The molecule has 0 radical (unpaired) electrons. The number of unbranched alkanes of at least 4 members (excludes halogenated alkanes) is 1. The van der Waals surface area contributed by atoms with Crippen LogP contribution in [0.4, 0.5) is 0 Å². The van der Waals surface area contributed by atoms with Gasteiger partial charge in [0.2, 0.25) is 0 Å². The molecule has 5 aromatic rings. The third-order valence-corrected chi connectivity index (χ3v) is 6.38. The van der Waals surface area contributed by atoms with Gasteiger partial charge in [0, 0.05) is 10.9 Å². The van der Waals surface area contributed by atoms with E-state index in [9.17, 15) is 9.90 Å². The number of aromatic nitrogens is 1. The van der Waals surface area contributed by atoms with Gasteiger partial charge in [-0.05, 0) is 71.8 Å². The van der Waals surface area contributed by atoms with E-state index in [0.29, 0.717) is 6.61 Å². The Bertz CT molecular complexity index is 1480. The van der Waals surface area contributed by atoms with Crippen molar-refractivity contribution >= 4 is 27.6 Å². The summed E-state index contributed by atoms with van der Waals surface area (Å²) in [6.07, 6.45) is 2.74. The standard InChI is InChI=1S/C30H27NO3/c1-20-8-2-5-12-25(20)26-16-14-22(27-19-28(30(32)33)31-29(26)27)10-6-7-17-34-24-15-13-21-9-3-4-11-23(21)18-24/h2-5,8-9,11-16,18-19,31H,6-7,10,17H2,1H3,(H,32,33). The fourth-order valence-electron chi connectivity index (χ4n) is 4.57. The molecule has 0 atom stereocenters. The normalized spacial score (nSPS) is 11.2. The summed E-state index contributed by atoms with van der Waals surface area (Å²) < 4.78 is 5.98. The molecule has 0 aliphatic rings. The van der Waals surface area contributed by atoms with Gasteiger partial charge in [-0.2, -0.15) is 0 Å². The second-order valence-electron chi connectivity index (χ2n) is 8.68. The first-order chi connectivity index (χ1) is 16.6. The molecule has 4 heteroatoms. The van der Waals surface area contributed by atoms with E-state index in [2.05, 4.69) is 60.4 Å². The highest BCUT2D eigenvalue weighted by Gasteiger charge is 2.15. The molecule has 2 N–H and O–H groups in total. The summed E-state index contributed by atoms with van der Waals surface area (Å²) in [4.78, 5) is 14.8. The highest BCUT2D eigenvalue weighted by Crippen LogP contribution is 2.33. The van der Waals surface area contributed by atoms with Gasteiger partial charge in [-0.3, -0.25) is 0 Å². The number of aromatic amines is 1. The monoisotopic (exact) mass is 449 g/mol. The molecule has 1 aromatic heterocycles. The molecular weight excluding hydrogens is 422 g/mol. The summed E-state index contributed by atoms with van der Waals surface area (Å²) in [6, 6.07) is 28.6. The zero-order chi connectivity index (χ0) is 23.5. The number of carboxylic acids is 1. The van der Waals surface area contributed by atoms with Crippen molar-refractivity contribution in [1.82, 2.24) is 4.98 Å². The maximum atomic E-state index is 11.7. The van der Waals surface area contributed by atoms with Crippen molar-refractivity contribution in [3.63, 3.8) is 0 Å². The van der Waals surface area contributed by atoms with E-state index in [0.717, 1.165) is 58.2 Å². The van der Waals surface area contributed by atoms with Crippen LogP contribution in [-0.2, 0) is 6.42 Å². The second-order valence-corrected chi connectivity index (χ2v) is 8.68. The summed E-state index contributed by atoms with van der Waals surface area (Å²) in [5, 5.41) is 12.9. The third kappa shape index (κ3) is 4.40. The molecule has 0 amide bonds. The first-order valence-corrected chi connectivity index (χ1v) is 11.7. The third-order valence-electron chi connectivity index (χ3n) is 6.38. The second kappa shape index (κ2) is 9.44. The van der Waals surface area contributed by atoms with Crippen LogP contribution in [0.1, 0.15) is 34.5 Å². The molecule has 0 aliphatic carbocycles. The summed E-state index contributed by atoms with van der Waals surface area (Å²) in [5.41, 5.74) is 5.56. The Labute approximate surface area is 198 Å². The molecule has 0 spiro atoms. The lowest BCUT2D eigenvalue weighted by atomic mass is 9.95. The number of nitrogens with one attached hydrogen (secondary N) is 1. The van der Waals surface area contributed by atoms with E-state index in [1.54, 1.807) is 6.07 Å². The Balaban J connectivity index is 1.30. The van der Waals surface area contributed by atoms with Crippen molar-refractivity contribution in [2.45, 2.75) is 26.2 Å². The Morgan fingerprint density at radius 1 is 0.853 bits per heavy atom. The molecule has 5 rings (SSSR count). The summed E-state index contributed by atoms with van der Waals surface area (Å²) in [5.74, 6) is -0.0536. The average molecular weight is 450 g/mol. The van der Waals surface area contributed by atoms with E-state index < -0.39 is 5.97 Å². The molecule has 170 valence electrons. The first kappa shape index (κ1) is 21.8. The number of hydrogen-bond acceptors (Lipinski definition) is 2. The fraction of sp³-hybridized carbons (Fsp3) is 0.167. The first-order valence-electron chi connectivity index (χ1n) is 11.7. The van der Waals surface area contributed by atoms with E-state index in [1.165, 1.54) is 10.8 Å². The van der Waals surface area contributed by atoms with Gasteiger partial charge in [0.25, 0.3) is 0 Å². The van der Waals surface area contributed by atoms with Gasteiger partial charge >= 0.3 is 5.97 Å². The summed E-state index contributed by atoms with van der Waals surface area (Å²) in [6.45, 7) is 2.72. The Morgan fingerprint density at radius 2 is 1.65 bits per heavy atom. The van der Waals surface area contributed by atoms with Gasteiger partial charge in [-0.25, -0.2) is 4.79 Å². The Hall–Kier alpha value is -4.05. The topological polar surface area (TPSA) is 62.3 Å². The molecule has 0 aliphatic heterocycles. The zero-order valence-corrected chi connectivity index (χ0v) is 19.2. The van der Waals surface area contributed by atoms with Crippen LogP contribution in [0.5, 0.6) is 5.75 Å². The molecule has 0 saturated carbocycles. The number of H-pyrrole nitrogens is 1. The van der Waals surface area contributed by atoms with Crippen LogP contribution in [0.25, 0.3) is 32.8 Å². The van der Waals surface area contributed by atoms with Crippen molar-refractivity contribution in [2.24, 2.45) is 0 Å². The zero-order valence-electron chi connectivity index (χ0n) is 19.2. The molecule has 1 heterocycles. The lowest BCUT2D eigenvalue weighted by molar-refractivity contribution is 0.0691. The van der Waals surface area contributed by atoms with Gasteiger partial charge in [0.1, 0.15) is 11.4 Å². The number of ether oxygens (including phenoxy) is 1. The van der Waals surface area contributed by atoms with Crippen LogP contribution in [0, 0.1) is 6.92 Å².